The van der Waals surface area contributed by atoms with Gasteiger partial charge >= 0.3 is 0 Å². The van der Waals surface area contributed by atoms with Crippen LogP contribution in [0.3, 0.4) is 0 Å². The maximum Gasteiger partial charge on any atom is 0.251 e. The van der Waals surface area contributed by atoms with Crippen LogP contribution in [0.25, 0.3) is 10.9 Å². The molecule has 1 atom stereocenters. The van der Waals surface area contributed by atoms with E-state index in [2.05, 4.69) is 16.4 Å². The van der Waals surface area contributed by atoms with Crippen molar-refractivity contribution in [1.29, 1.82) is 0 Å². The molecule has 5 nitrogen and oxygen atoms in total. The topological polar surface area (TPSA) is 65.2 Å². The van der Waals surface area contributed by atoms with E-state index in [0.717, 1.165) is 11.9 Å². The molecule has 2 heterocycles. The molecule has 1 unspecified atom stereocenters. The quantitative estimate of drug-likeness (QED) is 0.680. The molecule has 0 bridgehead atoms. The summed E-state index contributed by atoms with van der Waals surface area (Å²) in [6.07, 6.45) is 2.95. The van der Waals surface area contributed by atoms with Crippen molar-refractivity contribution in [2.75, 3.05) is 11.4 Å². The van der Waals surface area contributed by atoms with E-state index in [4.69, 9.17) is 11.6 Å². The lowest BCUT2D eigenvalue weighted by Gasteiger charge is -2.15. The van der Waals surface area contributed by atoms with Crippen molar-refractivity contribution in [3.8, 4) is 0 Å². The number of carbonyl (C=O) groups is 2. The molecule has 0 saturated carbocycles. The average Bonchev–Trinajstić information content (AvgIpc) is 3.17. The third-order valence-corrected chi connectivity index (χ3v) is 4.94. The molecule has 132 valence electrons. The highest BCUT2D eigenvalue weighted by atomic mass is 35.5. The van der Waals surface area contributed by atoms with Crippen LogP contribution in [-0.4, -0.2) is 29.4 Å². The fourth-order valence-corrected chi connectivity index (χ4v) is 3.50. The SMILES string of the molecule is O=C1CC(NCCc2c[nH]c3ccccc23)C(=O)N1c1ccc(Cl)cc1. The molecule has 1 aromatic heterocycles. The molecule has 26 heavy (non-hydrogen) atoms. The first-order valence-corrected chi connectivity index (χ1v) is 8.92. The normalized spacial score (nSPS) is 17.4. The van der Waals surface area contributed by atoms with Crippen molar-refractivity contribution < 1.29 is 9.59 Å². The number of aromatic amines is 1. The molecule has 2 N–H and O–H groups in total. The zero-order chi connectivity index (χ0) is 18.1. The van der Waals surface area contributed by atoms with Gasteiger partial charge in [-0.15, -0.1) is 0 Å². The number of fused-ring (bicyclic) bond motifs is 1. The molecule has 1 aliphatic heterocycles. The number of benzene rings is 2. The van der Waals surface area contributed by atoms with E-state index in [-0.39, 0.29) is 18.2 Å². The van der Waals surface area contributed by atoms with E-state index in [1.165, 1.54) is 15.8 Å². The number of para-hydroxylation sites is 1. The van der Waals surface area contributed by atoms with Crippen LogP contribution in [0.15, 0.2) is 54.7 Å². The van der Waals surface area contributed by atoms with Gasteiger partial charge in [-0.3, -0.25) is 9.59 Å². The summed E-state index contributed by atoms with van der Waals surface area (Å²) in [7, 11) is 0. The Hall–Kier alpha value is -2.63. The maximum absolute atomic E-state index is 12.6. The average molecular weight is 368 g/mol. The maximum atomic E-state index is 12.6. The van der Waals surface area contributed by atoms with Gasteiger partial charge < -0.3 is 10.3 Å². The lowest BCUT2D eigenvalue weighted by molar-refractivity contribution is -0.121. The van der Waals surface area contributed by atoms with Crippen molar-refractivity contribution in [1.82, 2.24) is 10.3 Å². The molecule has 3 aromatic rings. The number of amides is 2. The van der Waals surface area contributed by atoms with E-state index in [9.17, 15) is 9.59 Å². The summed E-state index contributed by atoms with van der Waals surface area (Å²) in [6.45, 7) is 0.625. The third kappa shape index (κ3) is 3.11. The van der Waals surface area contributed by atoms with Crippen LogP contribution < -0.4 is 10.2 Å². The smallest absolute Gasteiger partial charge is 0.251 e. The minimum atomic E-state index is -0.483. The Labute approximate surface area is 155 Å². The van der Waals surface area contributed by atoms with Crippen LogP contribution >= 0.6 is 11.6 Å². The molecule has 0 aliphatic carbocycles. The van der Waals surface area contributed by atoms with Crippen LogP contribution in [0.4, 0.5) is 5.69 Å². The second-order valence-corrected chi connectivity index (χ2v) is 6.80. The Bertz CT molecular complexity index is 965. The Kier molecular flexibility index (Phi) is 4.49. The van der Waals surface area contributed by atoms with Crippen molar-refractivity contribution in [2.45, 2.75) is 18.9 Å². The number of rotatable bonds is 5. The number of hydrogen-bond donors (Lipinski definition) is 2. The molecule has 6 heteroatoms. The number of hydrogen-bond acceptors (Lipinski definition) is 3. The van der Waals surface area contributed by atoms with Crippen molar-refractivity contribution >= 4 is 40.0 Å². The number of aromatic nitrogens is 1. The molecular formula is C20H18ClN3O2. The summed E-state index contributed by atoms with van der Waals surface area (Å²) >= 11 is 5.88. The molecule has 1 aliphatic rings. The van der Waals surface area contributed by atoms with Crippen LogP contribution in [-0.2, 0) is 16.0 Å². The van der Waals surface area contributed by atoms with Gasteiger partial charge in [0, 0.05) is 28.7 Å². The van der Waals surface area contributed by atoms with Gasteiger partial charge in [0.1, 0.15) is 0 Å². The minimum Gasteiger partial charge on any atom is -0.361 e. The Morgan fingerprint density at radius 3 is 2.69 bits per heavy atom. The summed E-state index contributed by atoms with van der Waals surface area (Å²) in [4.78, 5) is 29.4. The van der Waals surface area contributed by atoms with Gasteiger partial charge in [-0.05, 0) is 42.3 Å². The molecule has 2 amide bonds. The van der Waals surface area contributed by atoms with E-state index in [0.29, 0.717) is 17.3 Å². The van der Waals surface area contributed by atoms with Gasteiger partial charge in [-0.25, -0.2) is 4.90 Å². The Balaban J connectivity index is 1.40. The lowest BCUT2D eigenvalue weighted by Crippen LogP contribution is -2.39. The van der Waals surface area contributed by atoms with Gasteiger partial charge in [0.25, 0.3) is 5.91 Å². The van der Waals surface area contributed by atoms with Crippen LogP contribution in [0.1, 0.15) is 12.0 Å². The second kappa shape index (κ2) is 6.94. The first-order chi connectivity index (χ1) is 12.6. The largest absolute Gasteiger partial charge is 0.361 e. The Morgan fingerprint density at radius 1 is 1.12 bits per heavy atom. The molecule has 0 radical (unpaired) electrons. The molecular weight excluding hydrogens is 350 g/mol. The Morgan fingerprint density at radius 2 is 1.88 bits per heavy atom. The van der Waals surface area contributed by atoms with Crippen molar-refractivity contribution in [2.24, 2.45) is 0 Å². The van der Waals surface area contributed by atoms with Gasteiger partial charge in [0.15, 0.2) is 0 Å². The van der Waals surface area contributed by atoms with E-state index >= 15 is 0 Å². The molecule has 2 aromatic carbocycles. The van der Waals surface area contributed by atoms with E-state index in [1.807, 2.05) is 24.4 Å². The number of imide groups is 1. The predicted octanol–water partition coefficient (Wildman–Crippen LogP) is 3.29. The highest BCUT2D eigenvalue weighted by Gasteiger charge is 2.39. The minimum absolute atomic E-state index is 0.176. The predicted molar refractivity (Wildman–Crippen MR) is 102 cm³/mol. The number of carbonyl (C=O) groups excluding carboxylic acids is 2. The highest BCUT2D eigenvalue weighted by molar-refractivity contribution is 6.30. The van der Waals surface area contributed by atoms with E-state index in [1.54, 1.807) is 24.3 Å². The first-order valence-electron chi connectivity index (χ1n) is 8.54. The molecule has 0 spiro atoms. The highest BCUT2D eigenvalue weighted by Crippen LogP contribution is 2.24. The third-order valence-electron chi connectivity index (χ3n) is 4.69. The number of halogens is 1. The van der Waals surface area contributed by atoms with Crippen LogP contribution in [0.5, 0.6) is 0 Å². The number of anilines is 1. The van der Waals surface area contributed by atoms with Gasteiger partial charge in [0.05, 0.1) is 18.2 Å². The summed E-state index contributed by atoms with van der Waals surface area (Å²) in [5.41, 5.74) is 2.85. The summed E-state index contributed by atoms with van der Waals surface area (Å²) in [5.74, 6) is -0.404. The monoisotopic (exact) mass is 367 g/mol. The zero-order valence-electron chi connectivity index (χ0n) is 14.0. The van der Waals surface area contributed by atoms with Crippen molar-refractivity contribution in [3.05, 3.63) is 65.3 Å². The second-order valence-electron chi connectivity index (χ2n) is 6.36. The van der Waals surface area contributed by atoms with E-state index < -0.39 is 6.04 Å². The number of nitrogens with zero attached hydrogens (tertiary/aromatic N) is 1. The molecule has 1 saturated heterocycles. The molecule has 4 rings (SSSR count). The number of nitrogens with one attached hydrogen (secondary N) is 2. The fourth-order valence-electron chi connectivity index (χ4n) is 3.37. The standard InChI is InChI=1S/C20H18ClN3O2/c21-14-5-7-15(8-6-14)24-19(25)11-18(20(24)26)22-10-9-13-12-23-17-4-2-1-3-16(13)17/h1-8,12,18,22-23H,9-11H2. The molecule has 1 fully saturated rings. The summed E-state index contributed by atoms with van der Waals surface area (Å²) < 4.78 is 0. The van der Waals surface area contributed by atoms with Gasteiger partial charge in [-0.2, -0.15) is 0 Å². The van der Waals surface area contributed by atoms with Gasteiger partial charge in [-0.1, -0.05) is 29.8 Å². The van der Waals surface area contributed by atoms with Crippen molar-refractivity contribution in [3.63, 3.8) is 0 Å². The first kappa shape index (κ1) is 16.8. The summed E-state index contributed by atoms with van der Waals surface area (Å²) in [6, 6.07) is 14.4. The summed E-state index contributed by atoms with van der Waals surface area (Å²) in [5, 5.41) is 4.98. The van der Waals surface area contributed by atoms with Gasteiger partial charge in [0.2, 0.25) is 5.91 Å². The zero-order valence-corrected chi connectivity index (χ0v) is 14.8. The fraction of sp³-hybridized carbons (Fsp3) is 0.200. The number of H-pyrrole nitrogens is 1. The van der Waals surface area contributed by atoms with Crippen LogP contribution in [0, 0.1) is 0 Å². The van der Waals surface area contributed by atoms with Crippen LogP contribution in [0.2, 0.25) is 5.02 Å². The lowest BCUT2D eigenvalue weighted by atomic mass is 10.1.